The van der Waals surface area contributed by atoms with Gasteiger partial charge in [-0.15, -0.1) is 11.3 Å². The van der Waals surface area contributed by atoms with Gasteiger partial charge in [0.15, 0.2) is 4.96 Å². The molecule has 0 aliphatic heterocycles. The van der Waals surface area contributed by atoms with Gasteiger partial charge in [0.2, 0.25) is 5.91 Å². The Balaban J connectivity index is 1.51. The van der Waals surface area contributed by atoms with Gasteiger partial charge in [0.1, 0.15) is 0 Å². The molecule has 28 heavy (non-hydrogen) atoms. The van der Waals surface area contributed by atoms with Crippen molar-refractivity contribution in [1.29, 1.82) is 0 Å². The number of fused-ring (bicyclic) bond motifs is 1. The summed E-state index contributed by atoms with van der Waals surface area (Å²) >= 11 is 1.65. The first-order chi connectivity index (χ1) is 13.6. The van der Waals surface area contributed by atoms with Crippen LogP contribution in [-0.2, 0) is 17.8 Å². The third-order valence-electron chi connectivity index (χ3n) is 4.93. The van der Waals surface area contributed by atoms with Crippen molar-refractivity contribution in [2.75, 3.05) is 6.54 Å². The fourth-order valence-corrected chi connectivity index (χ4v) is 4.18. The minimum atomic E-state index is 0.0984. The molecule has 0 spiro atoms. The summed E-state index contributed by atoms with van der Waals surface area (Å²) < 4.78 is 2.15. The first-order valence-electron chi connectivity index (χ1n) is 9.42. The number of thiazole rings is 1. The Morgan fingerprint density at radius 1 is 1.11 bits per heavy atom. The Morgan fingerprint density at radius 3 is 2.57 bits per heavy atom. The number of imidazole rings is 1. The largest absolute Gasteiger partial charge is 0.338 e. The number of carbonyl (C=O) groups is 1. The van der Waals surface area contributed by atoms with E-state index in [1.165, 1.54) is 11.3 Å². The van der Waals surface area contributed by atoms with Gasteiger partial charge in [-0.3, -0.25) is 9.20 Å². The van der Waals surface area contributed by atoms with Gasteiger partial charge >= 0.3 is 0 Å². The zero-order valence-electron chi connectivity index (χ0n) is 16.1. The molecule has 142 valence electrons. The second-order valence-electron chi connectivity index (χ2n) is 7.05. The van der Waals surface area contributed by atoms with E-state index in [1.54, 1.807) is 18.3 Å². The summed E-state index contributed by atoms with van der Waals surface area (Å²) in [5.74, 6) is 0.0984. The molecular weight excluding hydrogens is 366 g/mol. The molecular formula is C23H23N3OS. The summed E-state index contributed by atoms with van der Waals surface area (Å²) in [6.45, 7) is 5.05. The number of aromatic nitrogens is 2. The number of rotatable bonds is 6. The third kappa shape index (κ3) is 3.99. The van der Waals surface area contributed by atoms with Crippen LogP contribution in [0.15, 0.2) is 66.2 Å². The van der Waals surface area contributed by atoms with Gasteiger partial charge in [-0.25, -0.2) is 4.98 Å². The summed E-state index contributed by atoms with van der Waals surface area (Å²) in [7, 11) is 0. The molecule has 0 fully saturated rings. The van der Waals surface area contributed by atoms with Crippen LogP contribution in [0.1, 0.15) is 23.7 Å². The first kappa shape index (κ1) is 18.4. The second kappa shape index (κ2) is 7.98. The highest BCUT2D eigenvalue weighted by Gasteiger charge is 2.13. The monoisotopic (exact) mass is 389 g/mol. The molecule has 4 rings (SSSR count). The average Bonchev–Trinajstić information content (AvgIpc) is 3.27. The van der Waals surface area contributed by atoms with Crippen LogP contribution in [0.5, 0.6) is 0 Å². The maximum absolute atomic E-state index is 12.1. The molecule has 0 atom stereocenters. The van der Waals surface area contributed by atoms with Crippen LogP contribution < -0.4 is 0 Å². The molecule has 0 saturated carbocycles. The van der Waals surface area contributed by atoms with E-state index in [-0.39, 0.29) is 5.91 Å². The van der Waals surface area contributed by atoms with Crippen molar-refractivity contribution in [2.45, 2.75) is 26.8 Å². The van der Waals surface area contributed by atoms with Crippen LogP contribution in [0.2, 0.25) is 0 Å². The predicted octanol–water partition coefficient (Wildman–Crippen LogP) is 4.96. The Bertz CT molecular complexity index is 1080. The zero-order chi connectivity index (χ0) is 19.5. The number of nitrogens with zero attached hydrogens (tertiary/aromatic N) is 3. The maximum atomic E-state index is 12.1. The van der Waals surface area contributed by atoms with Gasteiger partial charge in [-0.05, 0) is 12.5 Å². The highest BCUT2D eigenvalue weighted by atomic mass is 32.1. The minimum absolute atomic E-state index is 0.0984. The quantitative estimate of drug-likeness (QED) is 0.467. The summed E-state index contributed by atoms with van der Waals surface area (Å²) in [5.41, 5.74) is 5.69. The van der Waals surface area contributed by atoms with Crippen LogP contribution in [-0.4, -0.2) is 26.7 Å². The lowest BCUT2D eigenvalue weighted by Gasteiger charge is -2.21. The summed E-state index contributed by atoms with van der Waals surface area (Å²) in [4.78, 5) is 19.7. The highest BCUT2D eigenvalue weighted by Crippen LogP contribution is 2.24. The van der Waals surface area contributed by atoms with E-state index >= 15 is 0 Å². The minimum Gasteiger partial charge on any atom is -0.338 e. The van der Waals surface area contributed by atoms with E-state index in [4.69, 9.17) is 4.98 Å². The van der Waals surface area contributed by atoms with Gasteiger partial charge in [-0.1, -0.05) is 60.2 Å². The maximum Gasteiger partial charge on any atom is 0.219 e. The van der Waals surface area contributed by atoms with E-state index in [9.17, 15) is 4.79 Å². The first-order valence-corrected chi connectivity index (χ1v) is 10.3. The normalized spacial score (nSPS) is 11.1. The van der Waals surface area contributed by atoms with Gasteiger partial charge in [-0.2, -0.15) is 0 Å². The highest BCUT2D eigenvalue weighted by molar-refractivity contribution is 7.15. The van der Waals surface area contributed by atoms with Crippen molar-refractivity contribution >= 4 is 22.2 Å². The van der Waals surface area contributed by atoms with Crippen molar-refractivity contribution in [3.63, 3.8) is 0 Å². The van der Waals surface area contributed by atoms with Crippen LogP contribution in [0.25, 0.3) is 16.2 Å². The van der Waals surface area contributed by atoms with Crippen LogP contribution >= 0.6 is 11.3 Å². The SMILES string of the molecule is CC(=O)N(CCc1csc2nc(-c3ccc(C)cc3)cn12)Cc1ccccc1. The summed E-state index contributed by atoms with van der Waals surface area (Å²) in [6.07, 6.45) is 2.90. The van der Waals surface area contributed by atoms with Crippen LogP contribution in [0.3, 0.4) is 0 Å². The molecule has 0 radical (unpaired) electrons. The fourth-order valence-electron chi connectivity index (χ4n) is 3.27. The van der Waals surface area contributed by atoms with E-state index in [1.807, 2.05) is 23.1 Å². The zero-order valence-corrected chi connectivity index (χ0v) is 16.9. The smallest absolute Gasteiger partial charge is 0.219 e. The molecule has 4 nitrogen and oxygen atoms in total. The van der Waals surface area contributed by atoms with E-state index in [2.05, 4.69) is 59.3 Å². The summed E-state index contributed by atoms with van der Waals surface area (Å²) in [6, 6.07) is 18.6. The Kier molecular flexibility index (Phi) is 5.26. The third-order valence-corrected chi connectivity index (χ3v) is 5.82. The van der Waals surface area contributed by atoms with Crippen molar-refractivity contribution in [1.82, 2.24) is 14.3 Å². The number of benzene rings is 2. The Morgan fingerprint density at radius 2 is 1.86 bits per heavy atom. The molecule has 0 bridgehead atoms. The number of hydrogen-bond acceptors (Lipinski definition) is 3. The molecule has 0 aliphatic carbocycles. The average molecular weight is 390 g/mol. The van der Waals surface area contributed by atoms with E-state index in [0.717, 1.165) is 28.2 Å². The van der Waals surface area contributed by atoms with Crippen molar-refractivity contribution < 1.29 is 4.79 Å². The fraction of sp³-hybridized carbons (Fsp3) is 0.217. The molecule has 1 amide bonds. The lowest BCUT2D eigenvalue weighted by molar-refractivity contribution is -0.129. The van der Waals surface area contributed by atoms with Gasteiger partial charge in [0.05, 0.1) is 5.69 Å². The summed E-state index contributed by atoms with van der Waals surface area (Å²) in [5, 5.41) is 2.14. The van der Waals surface area contributed by atoms with E-state index < -0.39 is 0 Å². The number of amides is 1. The molecule has 2 heterocycles. The molecule has 2 aromatic carbocycles. The predicted molar refractivity (Wildman–Crippen MR) is 114 cm³/mol. The topological polar surface area (TPSA) is 37.6 Å². The van der Waals surface area contributed by atoms with Gasteiger partial charge in [0.25, 0.3) is 0 Å². The molecule has 0 saturated heterocycles. The van der Waals surface area contributed by atoms with Crippen molar-refractivity contribution in [3.8, 4) is 11.3 Å². The number of hydrogen-bond donors (Lipinski definition) is 0. The molecule has 0 unspecified atom stereocenters. The Hall–Kier alpha value is -2.92. The molecule has 2 aromatic heterocycles. The number of carbonyl (C=O) groups excluding carboxylic acids is 1. The molecule has 0 N–H and O–H groups in total. The molecule has 5 heteroatoms. The van der Waals surface area contributed by atoms with Gasteiger partial charge < -0.3 is 4.90 Å². The number of aryl methyl sites for hydroxylation is 1. The van der Waals surface area contributed by atoms with Crippen LogP contribution in [0, 0.1) is 6.92 Å². The standard InChI is InChI=1S/C23H23N3OS/c1-17-8-10-20(11-9-17)22-15-26-21(16-28-23(26)24-22)12-13-25(18(2)27)14-19-6-4-3-5-7-19/h3-11,15-16H,12-14H2,1-2H3. The Labute approximate surface area is 169 Å². The lowest BCUT2D eigenvalue weighted by atomic mass is 10.1. The second-order valence-corrected chi connectivity index (χ2v) is 7.88. The molecule has 4 aromatic rings. The van der Waals surface area contributed by atoms with Crippen LogP contribution in [0.4, 0.5) is 0 Å². The van der Waals surface area contributed by atoms with Crippen molar-refractivity contribution in [2.24, 2.45) is 0 Å². The van der Waals surface area contributed by atoms with Gasteiger partial charge in [0, 0.05) is 49.3 Å². The van der Waals surface area contributed by atoms with Crippen molar-refractivity contribution in [3.05, 3.63) is 83.0 Å². The van der Waals surface area contributed by atoms with E-state index in [0.29, 0.717) is 13.1 Å². The lowest BCUT2D eigenvalue weighted by Crippen LogP contribution is -2.30. The molecule has 0 aliphatic rings.